The Kier molecular flexibility index (Phi) is 14.0. The number of carbonyl (C=O) groups excluding carboxylic acids is 5. The summed E-state index contributed by atoms with van der Waals surface area (Å²) in [5.74, 6) is -1.89. The molecule has 2 aliphatic carbocycles. The summed E-state index contributed by atoms with van der Waals surface area (Å²) in [5.41, 5.74) is 0.288. The van der Waals surface area contributed by atoms with E-state index in [0.717, 1.165) is 55.4 Å². The van der Waals surface area contributed by atoms with Crippen molar-refractivity contribution in [3.8, 4) is 0 Å². The van der Waals surface area contributed by atoms with Crippen LogP contribution in [-0.2, 0) is 25.7 Å². The maximum atomic E-state index is 14.5. The van der Waals surface area contributed by atoms with Gasteiger partial charge in [0.25, 0.3) is 5.91 Å². The van der Waals surface area contributed by atoms with Crippen LogP contribution >= 0.6 is 12.6 Å². The van der Waals surface area contributed by atoms with Crippen molar-refractivity contribution in [2.24, 2.45) is 16.7 Å². The van der Waals surface area contributed by atoms with Gasteiger partial charge in [0.1, 0.15) is 12.1 Å². The first-order valence-corrected chi connectivity index (χ1v) is 18.8. The van der Waals surface area contributed by atoms with Gasteiger partial charge in [0.2, 0.25) is 17.6 Å². The molecule has 2 saturated carbocycles. The number of ketones is 1. The van der Waals surface area contributed by atoms with Gasteiger partial charge in [0.05, 0.1) is 6.04 Å². The zero-order chi connectivity index (χ0) is 36.5. The molecule has 276 valence electrons. The number of carbonyl (C=O) groups is 5. The lowest BCUT2D eigenvalue weighted by atomic mass is 9.70. The highest BCUT2D eigenvalue weighted by molar-refractivity contribution is 7.80. The van der Waals surface area contributed by atoms with Crippen LogP contribution in [0, 0.1) is 16.7 Å². The fraction of sp³-hybridized carbons (Fsp3) is 0.658. The molecule has 1 aliphatic heterocycles. The summed E-state index contributed by atoms with van der Waals surface area (Å²) in [6.45, 7) is 13.5. The molecule has 1 aromatic rings. The van der Waals surface area contributed by atoms with Crippen molar-refractivity contribution >= 4 is 42.2 Å². The van der Waals surface area contributed by atoms with Crippen molar-refractivity contribution in [2.75, 3.05) is 19.6 Å². The third-order valence-electron chi connectivity index (χ3n) is 10.6. The van der Waals surface area contributed by atoms with E-state index in [9.17, 15) is 24.0 Å². The van der Waals surface area contributed by atoms with E-state index in [1.54, 1.807) is 4.90 Å². The number of hydrogen-bond acceptors (Lipinski definition) is 7. The van der Waals surface area contributed by atoms with Crippen LogP contribution in [0.5, 0.6) is 0 Å². The van der Waals surface area contributed by atoms with Crippen LogP contribution in [-0.4, -0.2) is 78.2 Å². The number of hydrogen-bond donors (Lipinski definition) is 6. The van der Waals surface area contributed by atoms with E-state index in [1.807, 2.05) is 24.3 Å². The van der Waals surface area contributed by atoms with E-state index in [-0.39, 0.29) is 29.8 Å². The van der Waals surface area contributed by atoms with E-state index >= 15 is 0 Å². The first-order chi connectivity index (χ1) is 23.7. The summed E-state index contributed by atoms with van der Waals surface area (Å²) in [7, 11) is 0. The highest BCUT2D eigenvalue weighted by Crippen LogP contribution is 2.40. The SMILES string of the molecule is C=CCNC(=O)C(=O)C(CC1CC1)NC(=O)[C@@H]1CCCN1C(=O)[C@@H](NC(=O)N[C@H](CNCc1ccccc1S)C(C)(C)C)C1(C)CCCCC1. The summed E-state index contributed by atoms with van der Waals surface area (Å²) < 4.78 is 0. The van der Waals surface area contributed by atoms with Crippen molar-refractivity contribution in [1.29, 1.82) is 0 Å². The topological polar surface area (TPSA) is 149 Å². The summed E-state index contributed by atoms with van der Waals surface area (Å²) >= 11 is 4.55. The molecular formula is C38H58N6O5S. The van der Waals surface area contributed by atoms with Crippen LogP contribution in [0.25, 0.3) is 0 Å². The second-order valence-corrected chi connectivity index (χ2v) is 16.2. The summed E-state index contributed by atoms with van der Waals surface area (Å²) in [4.78, 5) is 70.1. The van der Waals surface area contributed by atoms with Crippen molar-refractivity contribution in [3.63, 3.8) is 0 Å². The molecule has 4 atom stereocenters. The van der Waals surface area contributed by atoms with Crippen LogP contribution in [0.15, 0.2) is 41.8 Å². The van der Waals surface area contributed by atoms with Gasteiger partial charge < -0.3 is 31.5 Å². The molecule has 12 heteroatoms. The number of Topliss-reactive ketones (excluding diaryl/α,β-unsaturated/α-hetero) is 1. The fourth-order valence-corrected chi connectivity index (χ4v) is 7.40. The molecule has 1 heterocycles. The summed E-state index contributed by atoms with van der Waals surface area (Å²) in [6.07, 6.45) is 9.36. The maximum absolute atomic E-state index is 14.5. The van der Waals surface area contributed by atoms with E-state index in [0.29, 0.717) is 38.9 Å². The fourth-order valence-electron chi connectivity index (χ4n) is 7.16. The van der Waals surface area contributed by atoms with Crippen molar-refractivity contribution in [3.05, 3.63) is 42.5 Å². The van der Waals surface area contributed by atoms with Gasteiger partial charge in [-0.1, -0.05) is 84.1 Å². The molecule has 3 fully saturated rings. The van der Waals surface area contributed by atoms with Crippen molar-refractivity contribution in [2.45, 2.75) is 128 Å². The minimum absolute atomic E-state index is 0.151. The highest BCUT2D eigenvalue weighted by atomic mass is 32.1. The molecule has 0 aromatic heterocycles. The molecule has 5 N–H and O–H groups in total. The number of urea groups is 1. The molecule has 3 aliphatic rings. The third kappa shape index (κ3) is 10.8. The second-order valence-electron chi connectivity index (χ2n) is 15.7. The summed E-state index contributed by atoms with van der Waals surface area (Å²) in [6, 6.07) is 4.60. The minimum atomic E-state index is -0.961. The van der Waals surface area contributed by atoms with Crippen molar-refractivity contribution in [1.82, 2.24) is 31.5 Å². The molecule has 0 bridgehead atoms. The number of rotatable bonds is 16. The van der Waals surface area contributed by atoms with Gasteiger partial charge in [-0.3, -0.25) is 19.2 Å². The molecule has 1 unspecified atom stereocenters. The smallest absolute Gasteiger partial charge is 0.315 e. The number of amides is 5. The standard InChI is InChI=1S/C38H58N6O5S/c1-6-20-40-34(47)31(45)27(22-25-16-17-25)41-33(46)28-14-12-21-44(28)35(48)32(38(5)18-10-7-11-19-38)43-36(49)42-30(37(2,3)4)24-39-23-26-13-8-9-15-29(26)50/h6,8-9,13,15,25,27-28,30,32,39,50H,1,7,10-12,14,16-24H2,2-5H3,(H,40,47)(H,41,46)(H2,42,43,49)/t27?,28-,30+,32+/m0/s1. The highest BCUT2D eigenvalue weighted by Gasteiger charge is 2.47. The number of benzene rings is 1. The molecule has 11 nitrogen and oxygen atoms in total. The lowest BCUT2D eigenvalue weighted by molar-refractivity contribution is -0.144. The first kappa shape index (κ1) is 39.4. The number of nitrogens with zero attached hydrogens (tertiary/aromatic N) is 1. The van der Waals surface area contributed by atoms with Crippen molar-refractivity contribution < 1.29 is 24.0 Å². The van der Waals surface area contributed by atoms with Gasteiger partial charge >= 0.3 is 6.03 Å². The van der Waals surface area contributed by atoms with Crippen LogP contribution in [0.4, 0.5) is 4.79 Å². The Morgan fingerprint density at radius 2 is 1.70 bits per heavy atom. The molecule has 1 saturated heterocycles. The maximum Gasteiger partial charge on any atom is 0.315 e. The normalized spacial score (nSPS) is 20.6. The molecule has 4 rings (SSSR count). The van der Waals surface area contributed by atoms with Crippen LogP contribution in [0.2, 0.25) is 0 Å². The Labute approximate surface area is 303 Å². The zero-order valence-electron chi connectivity index (χ0n) is 30.3. The molecule has 5 amide bonds. The molecule has 50 heavy (non-hydrogen) atoms. The van der Waals surface area contributed by atoms with Gasteiger partial charge in [-0.15, -0.1) is 19.2 Å². The first-order valence-electron chi connectivity index (χ1n) is 18.3. The average Bonchev–Trinajstić information content (AvgIpc) is 3.76. The lowest BCUT2D eigenvalue weighted by Crippen LogP contribution is -2.62. The van der Waals surface area contributed by atoms with Crippen LogP contribution < -0.4 is 26.6 Å². The predicted octanol–water partition coefficient (Wildman–Crippen LogP) is 4.27. The largest absolute Gasteiger partial charge is 0.346 e. The Hall–Kier alpha value is -3.38. The predicted molar refractivity (Wildman–Crippen MR) is 198 cm³/mol. The van der Waals surface area contributed by atoms with E-state index in [1.165, 1.54) is 6.08 Å². The van der Waals surface area contributed by atoms with Gasteiger partial charge in [-0.2, -0.15) is 0 Å². The Morgan fingerprint density at radius 3 is 2.34 bits per heavy atom. The number of nitrogens with one attached hydrogen (secondary N) is 5. The molecule has 1 aromatic carbocycles. The Balaban J connectivity index is 1.47. The molecule has 0 radical (unpaired) electrons. The van der Waals surface area contributed by atoms with Crippen LogP contribution in [0.3, 0.4) is 0 Å². The number of thiol groups is 1. The molecular weight excluding hydrogens is 653 g/mol. The zero-order valence-corrected chi connectivity index (χ0v) is 31.2. The van der Waals surface area contributed by atoms with Gasteiger partial charge in [0, 0.05) is 37.1 Å². The Bertz CT molecular complexity index is 1390. The van der Waals surface area contributed by atoms with Gasteiger partial charge in [0.15, 0.2) is 0 Å². The third-order valence-corrected chi connectivity index (χ3v) is 11.0. The second kappa shape index (κ2) is 17.7. The van der Waals surface area contributed by atoms with Gasteiger partial charge in [-0.05, 0) is 60.5 Å². The van der Waals surface area contributed by atoms with Gasteiger partial charge in [-0.25, -0.2) is 4.79 Å². The monoisotopic (exact) mass is 710 g/mol. The van der Waals surface area contributed by atoms with E-state index in [2.05, 4.69) is 73.5 Å². The lowest BCUT2D eigenvalue weighted by Gasteiger charge is -2.42. The Morgan fingerprint density at radius 1 is 1.00 bits per heavy atom. The minimum Gasteiger partial charge on any atom is -0.346 e. The van der Waals surface area contributed by atoms with E-state index in [4.69, 9.17) is 0 Å². The molecule has 0 spiro atoms. The quantitative estimate of drug-likeness (QED) is 0.0859. The van der Waals surface area contributed by atoms with E-state index < -0.39 is 47.2 Å². The number of likely N-dealkylation sites (tertiary alicyclic amines) is 1. The van der Waals surface area contributed by atoms with Crippen LogP contribution in [0.1, 0.15) is 97.5 Å². The summed E-state index contributed by atoms with van der Waals surface area (Å²) in [5, 5.41) is 15.0. The average molecular weight is 711 g/mol.